The molecule has 25 heavy (non-hydrogen) atoms. The summed E-state index contributed by atoms with van der Waals surface area (Å²) in [6.07, 6.45) is 0.406. The van der Waals surface area contributed by atoms with Gasteiger partial charge in [-0.25, -0.2) is 0 Å². The third-order valence-corrected chi connectivity index (χ3v) is 5.57. The van der Waals surface area contributed by atoms with E-state index in [-0.39, 0.29) is 11.0 Å². The molecule has 1 unspecified atom stereocenters. The van der Waals surface area contributed by atoms with E-state index in [0.29, 0.717) is 22.0 Å². The lowest BCUT2D eigenvalue weighted by Gasteiger charge is -2.17. The van der Waals surface area contributed by atoms with Gasteiger partial charge in [0.25, 0.3) is 0 Å². The Bertz CT molecular complexity index is 830. The molecule has 0 radical (unpaired) electrons. The van der Waals surface area contributed by atoms with E-state index in [1.165, 1.54) is 0 Å². The number of halogens is 2. The van der Waals surface area contributed by atoms with Gasteiger partial charge in [0.05, 0.1) is 0 Å². The zero-order chi connectivity index (χ0) is 17.6. The van der Waals surface area contributed by atoms with Crippen LogP contribution in [0.4, 0.5) is 0 Å². The highest BCUT2D eigenvalue weighted by atomic mass is 35.5. The molecule has 3 aromatic carbocycles. The molecule has 0 N–H and O–H groups in total. The number of ketones is 1. The molecule has 126 valence electrons. The van der Waals surface area contributed by atoms with Crippen LogP contribution in [0, 0.1) is 0 Å². The van der Waals surface area contributed by atoms with Gasteiger partial charge in [-0.1, -0.05) is 53.5 Å². The van der Waals surface area contributed by atoms with Crippen LogP contribution in [0.3, 0.4) is 0 Å². The van der Waals surface area contributed by atoms with Gasteiger partial charge in [0, 0.05) is 32.2 Å². The number of rotatable bonds is 6. The number of carbonyl (C=O) groups excluding carboxylic acids is 1. The Labute approximate surface area is 162 Å². The van der Waals surface area contributed by atoms with Crippen LogP contribution in [0.5, 0.6) is 0 Å². The molecule has 1 nitrogen and oxygen atoms in total. The van der Waals surface area contributed by atoms with Gasteiger partial charge in [-0.05, 0) is 54.1 Å². The second-order valence-electron chi connectivity index (χ2n) is 5.61. The average Bonchev–Trinajstić information content (AvgIpc) is 2.63. The third kappa shape index (κ3) is 5.12. The van der Waals surface area contributed by atoms with Gasteiger partial charge in [-0.2, -0.15) is 0 Å². The fraction of sp³-hybridized carbons (Fsp3) is 0.0952. The second-order valence-corrected chi connectivity index (χ2v) is 7.75. The lowest BCUT2D eigenvalue weighted by atomic mass is 10.0. The van der Waals surface area contributed by atoms with Crippen molar-refractivity contribution in [3.63, 3.8) is 0 Å². The molecule has 0 aliphatic heterocycles. The Kier molecular flexibility index (Phi) is 6.19. The van der Waals surface area contributed by atoms with Gasteiger partial charge in [0.15, 0.2) is 5.78 Å². The van der Waals surface area contributed by atoms with Gasteiger partial charge in [0.1, 0.15) is 0 Å². The van der Waals surface area contributed by atoms with Crippen molar-refractivity contribution in [2.45, 2.75) is 16.6 Å². The van der Waals surface area contributed by atoms with Gasteiger partial charge in [-0.15, -0.1) is 11.8 Å². The van der Waals surface area contributed by atoms with Crippen molar-refractivity contribution in [3.05, 3.63) is 100 Å². The normalized spacial score (nSPS) is 11.9. The highest BCUT2D eigenvalue weighted by molar-refractivity contribution is 7.99. The van der Waals surface area contributed by atoms with Gasteiger partial charge < -0.3 is 0 Å². The zero-order valence-electron chi connectivity index (χ0n) is 13.4. The van der Waals surface area contributed by atoms with Crippen molar-refractivity contribution in [1.82, 2.24) is 0 Å². The maximum atomic E-state index is 12.7. The maximum absolute atomic E-state index is 12.7. The Hall–Kier alpha value is -1.74. The minimum Gasteiger partial charge on any atom is -0.294 e. The minimum absolute atomic E-state index is 0.0165. The van der Waals surface area contributed by atoms with E-state index in [2.05, 4.69) is 12.1 Å². The lowest BCUT2D eigenvalue weighted by molar-refractivity contribution is 0.0982. The second kappa shape index (κ2) is 8.57. The summed E-state index contributed by atoms with van der Waals surface area (Å²) in [6, 6.07) is 24.8. The van der Waals surface area contributed by atoms with Gasteiger partial charge in [0.2, 0.25) is 0 Å². The molecule has 0 spiro atoms. The van der Waals surface area contributed by atoms with Crippen molar-refractivity contribution in [3.8, 4) is 0 Å². The van der Waals surface area contributed by atoms with Crippen LogP contribution in [-0.4, -0.2) is 5.78 Å². The summed E-state index contributed by atoms with van der Waals surface area (Å²) in [5.41, 5.74) is 1.76. The Morgan fingerprint density at radius 1 is 0.800 bits per heavy atom. The van der Waals surface area contributed by atoms with Crippen LogP contribution < -0.4 is 0 Å². The molecule has 0 fully saturated rings. The van der Waals surface area contributed by atoms with E-state index in [4.69, 9.17) is 23.2 Å². The summed E-state index contributed by atoms with van der Waals surface area (Å²) < 4.78 is 0. The molecule has 0 heterocycles. The summed E-state index contributed by atoms with van der Waals surface area (Å²) >= 11 is 13.6. The van der Waals surface area contributed by atoms with Crippen molar-refractivity contribution < 1.29 is 4.79 Å². The van der Waals surface area contributed by atoms with E-state index in [1.807, 2.05) is 42.5 Å². The molecule has 3 rings (SSSR count). The molecule has 0 aliphatic rings. The largest absolute Gasteiger partial charge is 0.294 e. The lowest BCUT2D eigenvalue weighted by Crippen LogP contribution is -2.05. The monoisotopic (exact) mass is 386 g/mol. The average molecular weight is 387 g/mol. The number of benzene rings is 3. The standard InChI is InChI=1S/C21H16Cl2OS/c22-17-10-6-15(7-11-17)20(24)14-21(16-8-12-18(23)13-9-16)25-19-4-2-1-3-5-19/h1-13,21H,14H2. The molecule has 0 bridgehead atoms. The van der Waals surface area contributed by atoms with E-state index in [9.17, 15) is 4.79 Å². The summed E-state index contributed by atoms with van der Waals surface area (Å²) in [5.74, 6) is 0.0973. The van der Waals surface area contributed by atoms with Crippen LogP contribution in [-0.2, 0) is 0 Å². The molecule has 0 aliphatic carbocycles. The minimum atomic E-state index is 0.0165. The molecule has 0 aromatic heterocycles. The molecule has 4 heteroatoms. The van der Waals surface area contributed by atoms with E-state index in [0.717, 1.165) is 10.5 Å². The molecular weight excluding hydrogens is 371 g/mol. The van der Waals surface area contributed by atoms with E-state index >= 15 is 0 Å². The van der Waals surface area contributed by atoms with Crippen LogP contribution in [0.15, 0.2) is 83.8 Å². The SMILES string of the molecule is O=C(CC(Sc1ccccc1)c1ccc(Cl)cc1)c1ccc(Cl)cc1. The van der Waals surface area contributed by atoms with Crippen LogP contribution in [0.25, 0.3) is 0 Å². The number of Topliss-reactive ketones (excluding diaryl/α,β-unsaturated/α-hetero) is 1. The molecule has 0 amide bonds. The van der Waals surface area contributed by atoms with Crippen LogP contribution in [0.2, 0.25) is 10.0 Å². The maximum Gasteiger partial charge on any atom is 0.164 e. The predicted octanol–water partition coefficient (Wildman–Crippen LogP) is 7.10. The Morgan fingerprint density at radius 3 is 1.96 bits per heavy atom. The smallest absolute Gasteiger partial charge is 0.164 e. The first-order chi connectivity index (χ1) is 12.1. The van der Waals surface area contributed by atoms with E-state index in [1.54, 1.807) is 36.0 Å². The summed E-state index contributed by atoms with van der Waals surface area (Å²) in [7, 11) is 0. The fourth-order valence-electron chi connectivity index (χ4n) is 2.49. The highest BCUT2D eigenvalue weighted by Gasteiger charge is 2.19. The van der Waals surface area contributed by atoms with Crippen molar-refractivity contribution >= 4 is 40.7 Å². The third-order valence-electron chi connectivity index (χ3n) is 3.80. The van der Waals surface area contributed by atoms with Crippen molar-refractivity contribution in [2.75, 3.05) is 0 Å². The molecule has 3 aromatic rings. The molecule has 1 atom stereocenters. The Balaban J connectivity index is 1.83. The van der Waals surface area contributed by atoms with Gasteiger partial charge >= 0.3 is 0 Å². The van der Waals surface area contributed by atoms with Crippen LogP contribution in [0.1, 0.15) is 27.6 Å². The summed E-state index contributed by atoms with van der Waals surface area (Å²) in [6.45, 7) is 0. The van der Waals surface area contributed by atoms with Crippen molar-refractivity contribution in [1.29, 1.82) is 0 Å². The molecule has 0 saturated heterocycles. The number of hydrogen-bond donors (Lipinski definition) is 0. The number of hydrogen-bond acceptors (Lipinski definition) is 2. The highest BCUT2D eigenvalue weighted by Crippen LogP contribution is 2.38. The quantitative estimate of drug-likeness (QED) is 0.331. The topological polar surface area (TPSA) is 17.1 Å². The molecular formula is C21H16Cl2OS. The first-order valence-corrected chi connectivity index (χ1v) is 9.51. The number of thioether (sulfide) groups is 1. The van der Waals surface area contributed by atoms with Crippen molar-refractivity contribution in [2.24, 2.45) is 0 Å². The molecule has 0 saturated carbocycles. The number of carbonyl (C=O) groups is 1. The summed E-state index contributed by atoms with van der Waals surface area (Å²) in [4.78, 5) is 13.8. The van der Waals surface area contributed by atoms with E-state index < -0.39 is 0 Å². The fourth-order valence-corrected chi connectivity index (χ4v) is 3.91. The first kappa shape index (κ1) is 18.1. The van der Waals surface area contributed by atoms with Crippen LogP contribution >= 0.6 is 35.0 Å². The van der Waals surface area contributed by atoms with Gasteiger partial charge in [-0.3, -0.25) is 4.79 Å². The summed E-state index contributed by atoms with van der Waals surface area (Å²) in [5, 5.41) is 1.34. The zero-order valence-corrected chi connectivity index (χ0v) is 15.7. The Morgan fingerprint density at radius 2 is 1.36 bits per heavy atom. The predicted molar refractivity (Wildman–Crippen MR) is 107 cm³/mol. The first-order valence-electron chi connectivity index (χ1n) is 7.88.